The first-order valence-corrected chi connectivity index (χ1v) is 10.8. The van der Waals surface area contributed by atoms with Gasteiger partial charge in [-0.1, -0.05) is 35.5 Å². The maximum atomic E-state index is 11.5. The van der Waals surface area contributed by atoms with Gasteiger partial charge in [0, 0.05) is 19.0 Å². The highest BCUT2D eigenvalue weighted by Crippen LogP contribution is 2.26. The fraction of sp³-hybridized carbons (Fsp3) is 0.556. The number of sulfonamides is 1. The van der Waals surface area contributed by atoms with Crippen LogP contribution in [0.1, 0.15) is 44.0 Å². The Balaban J connectivity index is 1.43. The van der Waals surface area contributed by atoms with Crippen LogP contribution in [-0.4, -0.2) is 36.9 Å². The van der Waals surface area contributed by atoms with Crippen LogP contribution in [0.15, 0.2) is 34.9 Å². The van der Waals surface area contributed by atoms with Crippen molar-refractivity contribution in [3.8, 4) is 0 Å². The molecule has 1 aromatic heterocycles. The van der Waals surface area contributed by atoms with Crippen molar-refractivity contribution in [2.75, 3.05) is 17.6 Å². The number of rotatable bonds is 8. The van der Waals surface area contributed by atoms with Gasteiger partial charge in [0.25, 0.3) is 0 Å². The first-order chi connectivity index (χ1) is 12.5. The minimum atomic E-state index is -3.10. The molecule has 1 saturated carbocycles. The molecule has 1 aromatic carbocycles. The van der Waals surface area contributed by atoms with Gasteiger partial charge in [0.1, 0.15) is 0 Å². The summed E-state index contributed by atoms with van der Waals surface area (Å²) in [7, 11) is -3.10. The van der Waals surface area contributed by atoms with E-state index in [-0.39, 0.29) is 5.75 Å². The number of anilines is 1. The molecular formula is C18H26N4O3S. The number of hydrogen-bond acceptors (Lipinski definition) is 6. The quantitative estimate of drug-likeness (QED) is 0.733. The average molecular weight is 378 g/mol. The second kappa shape index (κ2) is 8.64. The summed E-state index contributed by atoms with van der Waals surface area (Å²) in [4.78, 5) is 4.42. The van der Waals surface area contributed by atoms with Crippen LogP contribution in [0.25, 0.3) is 0 Å². The third-order valence-corrected chi connectivity index (χ3v) is 6.19. The smallest absolute Gasteiger partial charge is 0.321 e. The summed E-state index contributed by atoms with van der Waals surface area (Å²) >= 11 is 0. The van der Waals surface area contributed by atoms with Crippen LogP contribution in [0.5, 0.6) is 0 Å². The molecule has 0 radical (unpaired) electrons. The van der Waals surface area contributed by atoms with E-state index in [1.165, 1.54) is 0 Å². The molecule has 0 aliphatic heterocycles. The Morgan fingerprint density at radius 2 is 1.88 bits per heavy atom. The van der Waals surface area contributed by atoms with Gasteiger partial charge in [-0.2, -0.15) is 4.98 Å². The highest BCUT2D eigenvalue weighted by atomic mass is 32.2. The van der Waals surface area contributed by atoms with Crippen molar-refractivity contribution in [3.63, 3.8) is 0 Å². The summed E-state index contributed by atoms with van der Waals surface area (Å²) in [6.45, 7) is 2.18. The van der Waals surface area contributed by atoms with Crippen molar-refractivity contribution < 1.29 is 12.9 Å². The molecule has 7 nitrogen and oxygen atoms in total. The average Bonchev–Trinajstić information content (AvgIpc) is 3.09. The Kier molecular flexibility index (Phi) is 6.26. The SMILES string of the molecule is CCS(=O)(=O)NCC1CCC(Nc2nc(Cc3ccccc3)no2)CC1. The number of aromatic nitrogens is 2. The second-order valence-electron chi connectivity index (χ2n) is 6.79. The van der Waals surface area contributed by atoms with E-state index in [0.29, 0.717) is 36.8 Å². The first-order valence-electron chi connectivity index (χ1n) is 9.14. The predicted molar refractivity (Wildman–Crippen MR) is 100 cm³/mol. The lowest BCUT2D eigenvalue weighted by Crippen LogP contribution is -2.34. The molecule has 0 amide bonds. The summed E-state index contributed by atoms with van der Waals surface area (Å²) in [6, 6.07) is 10.8. The minimum Gasteiger partial charge on any atom is -0.335 e. The lowest BCUT2D eigenvalue weighted by molar-refractivity contribution is 0.330. The molecule has 142 valence electrons. The molecule has 2 aromatic rings. The van der Waals surface area contributed by atoms with E-state index < -0.39 is 10.0 Å². The van der Waals surface area contributed by atoms with Crippen molar-refractivity contribution in [3.05, 3.63) is 41.7 Å². The third-order valence-electron chi connectivity index (χ3n) is 4.82. The van der Waals surface area contributed by atoms with Gasteiger partial charge in [0.2, 0.25) is 10.0 Å². The largest absolute Gasteiger partial charge is 0.335 e. The number of nitrogens with zero attached hydrogens (tertiary/aromatic N) is 2. The van der Waals surface area contributed by atoms with Gasteiger partial charge in [-0.05, 0) is 44.1 Å². The van der Waals surface area contributed by atoms with Crippen LogP contribution in [0.4, 0.5) is 6.01 Å². The zero-order valence-electron chi connectivity index (χ0n) is 15.0. The Bertz CT molecular complexity index is 784. The third kappa shape index (κ3) is 5.54. The van der Waals surface area contributed by atoms with E-state index in [1.807, 2.05) is 30.3 Å². The summed E-state index contributed by atoms with van der Waals surface area (Å²) < 4.78 is 31.0. The van der Waals surface area contributed by atoms with Crippen molar-refractivity contribution >= 4 is 16.0 Å². The molecule has 0 atom stereocenters. The highest BCUT2D eigenvalue weighted by molar-refractivity contribution is 7.89. The molecule has 26 heavy (non-hydrogen) atoms. The molecule has 0 unspecified atom stereocenters. The molecule has 1 aliphatic rings. The van der Waals surface area contributed by atoms with Crippen molar-refractivity contribution in [1.29, 1.82) is 0 Å². The van der Waals surface area contributed by atoms with Gasteiger partial charge in [0.15, 0.2) is 5.82 Å². The van der Waals surface area contributed by atoms with Crippen LogP contribution in [0.3, 0.4) is 0 Å². The number of hydrogen-bond donors (Lipinski definition) is 2. The van der Waals surface area contributed by atoms with Crippen molar-refractivity contribution in [2.24, 2.45) is 5.92 Å². The van der Waals surface area contributed by atoms with E-state index in [0.717, 1.165) is 31.2 Å². The van der Waals surface area contributed by atoms with Crippen LogP contribution >= 0.6 is 0 Å². The van der Waals surface area contributed by atoms with E-state index in [4.69, 9.17) is 4.52 Å². The van der Waals surface area contributed by atoms with Gasteiger partial charge < -0.3 is 9.84 Å². The molecule has 0 bridgehead atoms. The van der Waals surface area contributed by atoms with Gasteiger partial charge in [-0.25, -0.2) is 13.1 Å². The van der Waals surface area contributed by atoms with Crippen molar-refractivity contribution in [1.82, 2.24) is 14.9 Å². The van der Waals surface area contributed by atoms with Gasteiger partial charge >= 0.3 is 6.01 Å². The van der Waals surface area contributed by atoms with Crippen LogP contribution < -0.4 is 10.0 Å². The molecular weight excluding hydrogens is 352 g/mol. The van der Waals surface area contributed by atoms with Crippen LogP contribution in [0, 0.1) is 5.92 Å². The van der Waals surface area contributed by atoms with E-state index in [1.54, 1.807) is 6.92 Å². The topological polar surface area (TPSA) is 97.1 Å². The number of nitrogens with one attached hydrogen (secondary N) is 2. The maximum absolute atomic E-state index is 11.5. The Hall–Kier alpha value is -1.93. The number of benzene rings is 1. The van der Waals surface area contributed by atoms with E-state index >= 15 is 0 Å². The molecule has 1 aliphatic carbocycles. The highest BCUT2D eigenvalue weighted by Gasteiger charge is 2.23. The molecule has 8 heteroatoms. The molecule has 0 saturated heterocycles. The normalized spacial score (nSPS) is 20.8. The Labute approximate surface area is 154 Å². The Morgan fingerprint density at radius 3 is 2.58 bits per heavy atom. The van der Waals surface area contributed by atoms with Crippen molar-refractivity contribution in [2.45, 2.75) is 45.1 Å². The lowest BCUT2D eigenvalue weighted by Gasteiger charge is -2.28. The van der Waals surface area contributed by atoms with E-state index in [2.05, 4.69) is 20.2 Å². The molecule has 1 heterocycles. The predicted octanol–water partition coefficient (Wildman–Crippen LogP) is 2.57. The fourth-order valence-corrected chi connectivity index (χ4v) is 3.89. The summed E-state index contributed by atoms with van der Waals surface area (Å²) in [5.41, 5.74) is 1.15. The first kappa shape index (κ1) is 18.8. The molecule has 0 spiro atoms. The van der Waals surface area contributed by atoms with Gasteiger partial charge in [0.05, 0.1) is 5.75 Å². The van der Waals surface area contributed by atoms with Gasteiger partial charge in [-0.15, -0.1) is 0 Å². The maximum Gasteiger partial charge on any atom is 0.321 e. The van der Waals surface area contributed by atoms with E-state index in [9.17, 15) is 8.42 Å². The summed E-state index contributed by atoms with van der Waals surface area (Å²) in [6.07, 6.45) is 4.55. The summed E-state index contributed by atoms with van der Waals surface area (Å²) in [5.74, 6) is 1.19. The molecule has 1 fully saturated rings. The summed E-state index contributed by atoms with van der Waals surface area (Å²) in [5, 5.41) is 7.34. The zero-order valence-corrected chi connectivity index (χ0v) is 15.8. The molecule has 3 rings (SSSR count). The second-order valence-corrected chi connectivity index (χ2v) is 8.89. The Morgan fingerprint density at radius 1 is 1.15 bits per heavy atom. The lowest BCUT2D eigenvalue weighted by atomic mass is 9.86. The standard InChI is InChI=1S/C18H26N4O3S/c1-2-26(23,24)19-13-15-8-10-16(11-9-15)20-18-21-17(22-25-18)12-14-6-4-3-5-7-14/h3-7,15-16,19H,2,8-13H2,1H3,(H,20,21,22). The van der Waals surface area contributed by atoms with Gasteiger partial charge in [-0.3, -0.25) is 0 Å². The molecule has 2 N–H and O–H groups in total. The fourth-order valence-electron chi connectivity index (χ4n) is 3.20. The zero-order chi connectivity index (χ0) is 18.4. The minimum absolute atomic E-state index is 0.131. The van der Waals surface area contributed by atoms with Crippen LogP contribution in [-0.2, 0) is 16.4 Å². The monoisotopic (exact) mass is 378 g/mol. The van der Waals surface area contributed by atoms with Crippen LogP contribution in [0.2, 0.25) is 0 Å².